The molecule has 3 aromatic heterocycles. The fourth-order valence-electron chi connectivity index (χ4n) is 3.08. The van der Waals surface area contributed by atoms with Crippen molar-refractivity contribution in [3.63, 3.8) is 0 Å². The van der Waals surface area contributed by atoms with Gasteiger partial charge in [0.05, 0.1) is 5.39 Å². The number of piperazine rings is 1. The molecule has 0 aromatic carbocycles. The molecule has 0 aliphatic carbocycles. The van der Waals surface area contributed by atoms with E-state index in [1.807, 2.05) is 18.3 Å². The Morgan fingerprint density at radius 1 is 1.04 bits per heavy atom. The predicted molar refractivity (Wildman–Crippen MR) is 89.7 cm³/mol. The molecule has 3 aromatic rings. The van der Waals surface area contributed by atoms with Gasteiger partial charge in [-0.1, -0.05) is 13.0 Å². The number of anilines is 2. The molecule has 0 spiro atoms. The molecule has 0 atom stereocenters. The molecule has 7 heteroatoms. The van der Waals surface area contributed by atoms with Crippen LogP contribution in [0.5, 0.6) is 0 Å². The van der Waals surface area contributed by atoms with Crippen molar-refractivity contribution in [2.45, 2.75) is 13.3 Å². The number of aromatic nitrogens is 5. The van der Waals surface area contributed by atoms with Crippen LogP contribution in [0.25, 0.3) is 11.0 Å². The summed E-state index contributed by atoms with van der Waals surface area (Å²) in [6, 6.07) is 6.04. The van der Waals surface area contributed by atoms with Crippen molar-refractivity contribution in [2.75, 3.05) is 36.0 Å². The minimum Gasteiger partial charge on any atom is -0.353 e. The number of fused-ring (bicyclic) bond motifs is 1. The van der Waals surface area contributed by atoms with Gasteiger partial charge >= 0.3 is 0 Å². The number of nitrogens with zero attached hydrogens (tertiary/aromatic N) is 6. The summed E-state index contributed by atoms with van der Waals surface area (Å²) in [6.45, 7) is 5.81. The Bertz CT molecular complexity index is 791. The molecule has 4 heterocycles. The third-order valence-corrected chi connectivity index (χ3v) is 4.31. The smallest absolute Gasteiger partial charge is 0.186 e. The Kier molecular flexibility index (Phi) is 3.53. The minimum atomic E-state index is 0.749. The standard InChI is InChI=1S/C16H19N7/c1-2-12-14-15(21-20-12)18-11-19-16(14)23-9-7-22(8-10-23)13-5-3-4-6-17-13/h3-6,11H,2,7-10H2,1H3,(H,18,19,20,21). The fourth-order valence-corrected chi connectivity index (χ4v) is 3.08. The second-order valence-corrected chi connectivity index (χ2v) is 5.61. The molecule has 4 rings (SSSR count). The zero-order valence-corrected chi connectivity index (χ0v) is 13.1. The summed E-state index contributed by atoms with van der Waals surface area (Å²) in [5, 5.41) is 8.42. The van der Waals surface area contributed by atoms with Gasteiger partial charge in [0.25, 0.3) is 0 Å². The van der Waals surface area contributed by atoms with E-state index in [9.17, 15) is 0 Å². The van der Waals surface area contributed by atoms with Gasteiger partial charge in [-0.2, -0.15) is 5.10 Å². The summed E-state index contributed by atoms with van der Waals surface area (Å²) in [7, 11) is 0. The molecule has 1 fully saturated rings. The molecule has 0 amide bonds. The van der Waals surface area contributed by atoms with Crippen LogP contribution in [0.4, 0.5) is 11.6 Å². The van der Waals surface area contributed by atoms with Gasteiger partial charge in [-0.15, -0.1) is 0 Å². The zero-order valence-electron chi connectivity index (χ0n) is 13.1. The highest BCUT2D eigenvalue weighted by Crippen LogP contribution is 2.26. The van der Waals surface area contributed by atoms with E-state index in [4.69, 9.17) is 0 Å². The summed E-state index contributed by atoms with van der Waals surface area (Å²) in [5.41, 5.74) is 1.85. The van der Waals surface area contributed by atoms with E-state index < -0.39 is 0 Å². The highest BCUT2D eigenvalue weighted by atomic mass is 15.3. The Balaban J connectivity index is 1.58. The average Bonchev–Trinajstić information content (AvgIpc) is 3.06. The van der Waals surface area contributed by atoms with Gasteiger partial charge < -0.3 is 9.80 Å². The molecular weight excluding hydrogens is 290 g/mol. The Labute approximate surface area is 134 Å². The first-order valence-corrected chi connectivity index (χ1v) is 7.95. The Morgan fingerprint density at radius 2 is 1.87 bits per heavy atom. The number of hydrogen-bond donors (Lipinski definition) is 1. The summed E-state index contributed by atoms with van der Waals surface area (Å²) in [5.74, 6) is 2.03. The van der Waals surface area contributed by atoms with Gasteiger partial charge in [0.2, 0.25) is 0 Å². The van der Waals surface area contributed by atoms with Crippen LogP contribution in [-0.2, 0) is 6.42 Å². The lowest BCUT2D eigenvalue weighted by Gasteiger charge is -2.36. The number of H-pyrrole nitrogens is 1. The molecule has 0 unspecified atom stereocenters. The molecule has 1 saturated heterocycles. The van der Waals surface area contributed by atoms with Gasteiger partial charge in [0, 0.05) is 38.1 Å². The van der Waals surface area contributed by atoms with E-state index in [1.54, 1.807) is 6.33 Å². The summed E-state index contributed by atoms with van der Waals surface area (Å²) in [6.07, 6.45) is 4.34. The SMILES string of the molecule is CCc1[nH]nc2ncnc(N3CCN(c4ccccn4)CC3)c12. The molecular formula is C16H19N7. The summed E-state index contributed by atoms with van der Waals surface area (Å²) >= 11 is 0. The van der Waals surface area contributed by atoms with E-state index >= 15 is 0 Å². The Hall–Kier alpha value is -2.70. The molecule has 0 radical (unpaired) electrons. The fraction of sp³-hybridized carbons (Fsp3) is 0.375. The summed E-state index contributed by atoms with van der Waals surface area (Å²) in [4.78, 5) is 17.9. The van der Waals surface area contributed by atoms with E-state index in [-0.39, 0.29) is 0 Å². The van der Waals surface area contributed by atoms with Crippen LogP contribution in [-0.4, -0.2) is 51.3 Å². The number of hydrogen-bond acceptors (Lipinski definition) is 6. The number of aromatic amines is 1. The second-order valence-electron chi connectivity index (χ2n) is 5.61. The molecule has 118 valence electrons. The maximum atomic E-state index is 4.53. The molecule has 23 heavy (non-hydrogen) atoms. The van der Waals surface area contributed by atoms with E-state index in [0.717, 1.165) is 61.0 Å². The van der Waals surface area contributed by atoms with Crippen molar-refractivity contribution in [3.8, 4) is 0 Å². The van der Waals surface area contributed by atoms with Crippen molar-refractivity contribution in [2.24, 2.45) is 0 Å². The average molecular weight is 309 g/mol. The lowest BCUT2D eigenvalue weighted by Crippen LogP contribution is -2.47. The zero-order chi connectivity index (χ0) is 15.6. The van der Waals surface area contributed by atoms with Gasteiger partial charge in [-0.05, 0) is 18.6 Å². The van der Waals surface area contributed by atoms with E-state index in [0.29, 0.717) is 0 Å². The number of pyridine rings is 1. The quantitative estimate of drug-likeness (QED) is 0.793. The van der Waals surface area contributed by atoms with Crippen molar-refractivity contribution in [3.05, 3.63) is 36.4 Å². The van der Waals surface area contributed by atoms with Crippen LogP contribution in [0.1, 0.15) is 12.6 Å². The third kappa shape index (κ3) is 2.48. The largest absolute Gasteiger partial charge is 0.353 e. The van der Waals surface area contributed by atoms with Crippen LogP contribution in [0.15, 0.2) is 30.7 Å². The van der Waals surface area contributed by atoms with Gasteiger partial charge in [-0.25, -0.2) is 15.0 Å². The maximum absolute atomic E-state index is 4.53. The number of aryl methyl sites for hydroxylation is 1. The van der Waals surface area contributed by atoms with E-state index in [1.165, 1.54) is 0 Å². The van der Waals surface area contributed by atoms with Gasteiger partial charge in [0.1, 0.15) is 18.0 Å². The van der Waals surface area contributed by atoms with Crippen LogP contribution in [0.2, 0.25) is 0 Å². The first kappa shape index (κ1) is 13.9. The van der Waals surface area contributed by atoms with Gasteiger partial charge in [0.15, 0.2) is 5.65 Å². The Morgan fingerprint density at radius 3 is 2.61 bits per heavy atom. The van der Waals surface area contributed by atoms with Crippen LogP contribution in [0.3, 0.4) is 0 Å². The molecule has 1 aliphatic heterocycles. The molecule has 0 bridgehead atoms. The first-order valence-electron chi connectivity index (χ1n) is 7.95. The number of nitrogens with one attached hydrogen (secondary N) is 1. The van der Waals surface area contributed by atoms with Crippen molar-refractivity contribution in [1.29, 1.82) is 0 Å². The molecule has 1 aliphatic rings. The molecule has 0 saturated carbocycles. The van der Waals surface area contributed by atoms with Crippen LogP contribution >= 0.6 is 0 Å². The minimum absolute atomic E-state index is 0.749. The summed E-state index contributed by atoms with van der Waals surface area (Å²) < 4.78 is 0. The van der Waals surface area contributed by atoms with Crippen molar-refractivity contribution < 1.29 is 0 Å². The first-order chi connectivity index (χ1) is 11.4. The van der Waals surface area contributed by atoms with Crippen molar-refractivity contribution in [1.82, 2.24) is 25.1 Å². The highest BCUT2D eigenvalue weighted by Gasteiger charge is 2.22. The predicted octanol–water partition coefficient (Wildman–Crippen LogP) is 1.64. The highest BCUT2D eigenvalue weighted by molar-refractivity contribution is 5.89. The normalized spacial score (nSPS) is 15.3. The van der Waals surface area contributed by atoms with Crippen LogP contribution in [0, 0.1) is 0 Å². The lowest BCUT2D eigenvalue weighted by atomic mass is 10.2. The topological polar surface area (TPSA) is 73.8 Å². The second kappa shape index (κ2) is 5.83. The number of rotatable bonds is 3. The lowest BCUT2D eigenvalue weighted by molar-refractivity contribution is 0.643. The molecule has 1 N–H and O–H groups in total. The van der Waals surface area contributed by atoms with Crippen molar-refractivity contribution >= 4 is 22.7 Å². The monoisotopic (exact) mass is 309 g/mol. The maximum Gasteiger partial charge on any atom is 0.186 e. The molecule has 7 nitrogen and oxygen atoms in total. The van der Waals surface area contributed by atoms with Gasteiger partial charge in [-0.3, -0.25) is 5.10 Å². The van der Waals surface area contributed by atoms with Crippen LogP contribution < -0.4 is 9.80 Å². The third-order valence-electron chi connectivity index (χ3n) is 4.31. The van der Waals surface area contributed by atoms with E-state index in [2.05, 4.69) is 47.9 Å².